The van der Waals surface area contributed by atoms with Crippen molar-refractivity contribution in [2.45, 2.75) is 6.92 Å². The first-order valence-electron chi connectivity index (χ1n) is 10.6. The molecule has 0 heterocycles. The number of aryl methyl sites for hydroxylation is 1. The number of anilines is 1. The molecular formula is C28H25NO4. The molecule has 5 nitrogen and oxygen atoms in total. The fraction of sp³-hybridized carbons (Fsp3) is 0.107. The van der Waals surface area contributed by atoms with Crippen LogP contribution in [-0.2, 0) is 0 Å². The summed E-state index contributed by atoms with van der Waals surface area (Å²) in [5.74, 6) is 2.08. The van der Waals surface area contributed by atoms with Crippen LogP contribution in [-0.4, -0.2) is 19.8 Å². The molecule has 166 valence electrons. The van der Waals surface area contributed by atoms with Gasteiger partial charge in [0.25, 0.3) is 5.91 Å². The molecule has 0 aromatic heterocycles. The normalized spacial score (nSPS) is 10.4. The van der Waals surface area contributed by atoms with Gasteiger partial charge in [0.2, 0.25) is 6.79 Å². The summed E-state index contributed by atoms with van der Waals surface area (Å²) >= 11 is 0. The van der Waals surface area contributed by atoms with Gasteiger partial charge in [0.05, 0.1) is 7.11 Å². The van der Waals surface area contributed by atoms with Crippen molar-refractivity contribution >= 4 is 11.6 Å². The van der Waals surface area contributed by atoms with Crippen LogP contribution in [0.2, 0.25) is 0 Å². The largest absolute Gasteiger partial charge is 0.497 e. The highest BCUT2D eigenvalue weighted by molar-refractivity contribution is 6.04. The molecule has 0 bridgehead atoms. The van der Waals surface area contributed by atoms with E-state index in [2.05, 4.69) is 5.32 Å². The summed E-state index contributed by atoms with van der Waals surface area (Å²) < 4.78 is 16.4. The summed E-state index contributed by atoms with van der Waals surface area (Å²) in [5, 5.41) is 2.89. The molecule has 0 spiro atoms. The van der Waals surface area contributed by atoms with Crippen LogP contribution in [0.1, 0.15) is 15.9 Å². The molecular weight excluding hydrogens is 414 g/mol. The van der Waals surface area contributed by atoms with Crippen molar-refractivity contribution in [3.05, 3.63) is 108 Å². The fourth-order valence-electron chi connectivity index (χ4n) is 3.24. The predicted molar refractivity (Wildman–Crippen MR) is 130 cm³/mol. The van der Waals surface area contributed by atoms with Crippen LogP contribution in [0.4, 0.5) is 5.69 Å². The first kappa shape index (κ1) is 22.0. The molecule has 0 unspecified atom stereocenters. The van der Waals surface area contributed by atoms with Crippen molar-refractivity contribution in [2.75, 3.05) is 19.2 Å². The highest BCUT2D eigenvalue weighted by Gasteiger charge is 2.07. The Kier molecular flexibility index (Phi) is 6.90. The lowest BCUT2D eigenvalue weighted by Gasteiger charge is -2.10. The Morgan fingerprint density at radius 2 is 1.15 bits per heavy atom. The van der Waals surface area contributed by atoms with Crippen molar-refractivity contribution in [1.82, 2.24) is 0 Å². The van der Waals surface area contributed by atoms with Crippen LogP contribution < -0.4 is 19.5 Å². The number of carbonyl (C=O) groups excluding carboxylic acids is 1. The third-order valence-electron chi connectivity index (χ3n) is 5.15. The fourth-order valence-corrected chi connectivity index (χ4v) is 3.24. The third-order valence-corrected chi connectivity index (χ3v) is 5.15. The molecule has 0 aliphatic heterocycles. The molecule has 33 heavy (non-hydrogen) atoms. The number of benzene rings is 4. The van der Waals surface area contributed by atoms with Gasteiger partial charge in [-0.05, 0) is 78.7 Å². The van der Waals surface area contributed by atoms with E-state index in [0.717, 1.165) is 28.4 Å². The van der Waals surface area contributed by atoms with Gasteiger partial charge in [-0.3, -0.25) is 4.79 Å². The summed E-state index contributed by atoms with van der Waals surface area (Å²) in [6.07, 6.45) is 0. The number of hydrogen-bond acceptors (Lipinski definition) is 4. The number of nitrogens with one attached hydrogen (secondary N) is 1. The van der Waals surface area contributed by atoms with E-state index in [-0.39, 0.29) is 12.7 Å². The average Bonchev–Trinajstić information content (AvgIpc) is 2.86. The van der Waals surface area contributed by atoms with E-state index in [1.807, 2.05) is 79.7 Å². The SMILES string of the molecule is COc1ccc(NC(=O)c2ccc(-c3ccc(OCOc4ccc(C)cc4)cc3)cc2)cc1. The zero-order valence-corrected chi connectivity index (χ0v) is 18.6. The van der Waals surface area contributed by atoms with Crippen LogP contribution in [0.3, 0.4) is 0 Å². The Morgan fingerprint density at radius 1 is 0.667 bits per heavy atom. The maximum atomic E-state index is 12.5. The second kappa shape index (κ2) is 10.4. The minimum Gasteiger partial charge on any atom is -0.497 e. The molecule has 0 saturated carbocycles. The monoisotopic (exact) mass is 439 g/mol. The molecule has 4 aromatic carbocycles. The quantitative estimate of drug-likeness (QED) is 0.326. The lowest BCUT2D eigenvalue weighted by molar-refractivity contribution is 0.102. The topological polar surface area (TPSA) is 56.8 Å². The van der Waals surface area contributed by atoms with Crippen LogP contribution in [0.25, 0.3) is 11.1 Å². The van der Waals surface area contributed by atoms with Crippen molar-refractivity contribution < 1.29 is 19.0 Å². The van der Waals surface area contributed by atoms with Crippen molar-refractivity contribution in [2.24, 2.45) is 0 Å². The van der Waals surface area contributed by atoms with Gasteiger partial charge < -0.3 is 19.5 Å². The van der Waals surface area contributed by atoms with Gasteiger partial charge in [-0.1, -0.05) is 42.0 Å². The van der Waals surface area contributed by atoms with Crippen molar-refractivity contribution in [3.8, 4) is 28.4 Å². The van der Waals surface area contributed by atoms with E-state index in [9.17, 15) is 4.79 Å². The maximum Gasteiger partial charge on any atom is 0.255 e. The number of ether oxygens (including phenoxy) is 3. The van der Waals surface area contributed by atoms with E-state index in [4.69, 9.17) is 14.2 Å². The van der Waals surface area contributed by atoms with Gasteiger partial charge in [0.15, 0.2) is 0 Å². The molecule has 0 saturated heterocycles. The van der Waals surface area contributed by atoms with Crippen LogP contribution >= 0.6 is 0 Å². The zero-order chi connectivity index (χ0) is 23.0. The van der Waals surface area contributed by atoms with E-state index in [0.29, 0.717) is 11.3 Å². The number of carbonyl (C=O) groups is 1. The molecule has 4 rings (SSSR count). The van der Waals surface area contributed by atoms with Crippen molar-refractivity contribution in [3.63, 3.8) is 0 Å². The summed E-state index contributed by atoms with van der Waals surface area (Å²) in [4.78, 5) is 12.5. The molecule has 1 N–H and O–H groups in total. The highest BCUT2D eigenvalue weighted by atomic mass is 16.7. The molecule has 0 aliphatic carbocycles. The minimum atomic E-state index is -0.163. The van der Waals surface area contributed by atoms with Crippen LogP contribution in [0.15, 0.2) is 97.1 Å². The number of hydrogen-bond donors (Lipinski definition) is 1. The van der Waals surface area contributed by atoms with E-state index in [1.165, 1.54) is 5.56 Å². The minimum absolute atomic E-state index is 0.139. The first-order chi connectivity index (χ1) is 16.1. The second-order valence-electron chi connectivity index (χ2n) is 7.50. The van der Waals surface area contributed by atoms with Crippen molar-refractivity contribution in [1.29, 1.82) is 0 Å². The summed E-state index contributed by atoms with van der Waals surface area (Å²) in [6, 6.07) is 30.3. The van der Waals surface area contributed by atoms with Gasteiger partial charge in [0.1, 0.15) is 17.2 Å². The second-order valence-corrected chi connectivity index (χ2v) is 7.50. The van der Waals surface area contributed by atoms with Crippen LogP contribution in [0, 0.1) is 6.92 Å². The Balaban J connectivity index is 1.32. The molecule has 0 fully saturated rings. The molecule has 5 heteroatoms. The van der Waals surface area contributed by atoms with E-state index in [1.54, 1.807) is 31.4 Å². The first-order valence-corrected chi connectivity index (χ1v) is 10.6. The van der Waals surface area contributed by atoms with Gasteiger partial charge in [0, 0.05) is 11.3 Å². The lowest BCUT2D eigenvalue weighted by atomic mass is 10.0. The lowest BCUT2D eigenvalue weighted by Crippen LogP contribution is -2.11. The van der Waals surface area contributed by atoms with E-state index >= 15 is 0 Å². The Labute approximate surface area is 193 Å². The zero-order valence-electron chi connectivity index (χ0n) is 18.6. The molecule has 0 aliphatic rings. The molecule has 1 amide bonds. The van der Waals surface area contributed by atoms with E-state index < -0.39 is 0 Å². The van der Waals surface area contributed by atoms with Gasteiger partial charge in [-0.2, -0.15) is 0 Å². The number of methoxy groups -OCH3 is 1. The highest BCUT2D eigenvalue weighted by Crippen LogP contribution is 2.24. The van der Waals surface area contributed by atoms with Gasteiger partial charge in [-0.25, -0.2) is 0 Å². The Morgan fingerprint density at radius 3 is 1.70 bits per heavy atom. The van der Waals surface area contributed by atoms with Crippen LogP contribution in [0.5, 0.6) is 17.2 Å². The molecule has 4 aromatic rings. The Hall–Kier alpha value is -4.25. The molecule has 0 atom stereocenters. The smallest absolute Gasteiger partial charge is 0.255 e. The summed E-state index contributed by atoms with van der Waals surface area (Å²) in [7, 11) is 1.61. The standard InChI is InChI=1S/C28H25NO4/c1-20-3-13-26(14-4-20)32-19-33-27-15-9-22(10-16-27)21-5-7-23(8-6-21)28(30)29-24-11-17-25(31-2)18-12-24/h3-18H,19H2,1-2H3,(H,29,30). The predicted octanol–water partition coefficient (Wildman–Crippen LogP) is 6.34. The summed E-state index contributed by atoms with van der Waals surface area (Å²) in [5.41, 5.74) is 4.53. The summed E-state index contributed by atoms with van der Waals surface area (Å²) in [6.45, 7) is 2.17. The van der Waals surface area contributed by atoms with Gasteiger partial charge in [-0.15, -0.1) is 0 Å². The average molecular weight is 440 g/mol. The molecule has 0 radical (unpaired) electrons. The maximum absolute atomic E-state index is 12.5. The number of amides is 1. The number of rotatable bonds is 8. The van der Waals surface area contributed by atoms with Gasteiger partial charge >= 0.3 is 0 Å². The third kappa shape index (κ3) is 5.92. The Bertz CT molecular complexity index is 1180.